The topological polar surface area (TPSA) is 94.2 Å². The first kappa shape index (κ1) is 18.9. The van der Waals surface area contributed by atoms with Crippen LogP contribution in [0.25, 0.3) is 0 Å². The van der Waals surface area contributed by atoms with Crippen molar-refractivity contribution in [3.8, 4) is 5.75 Å². The Balaban J connectivity index is 1.76. The highest BCUT2D eigenvalue weighted by Gasteiger charge is 2.43. The molecule has 3 rings (SSSR count). The van der Waals surface area contributed by atoms with Gasteiger partial charge in [0.2, 0.25) is 5.91 Å². The number of imide groups is 2. The number of carbonyl (C=O) groups excluding carboxylic acids is 3. The number of likely N-dealkylation sites (N-methyl/N-ethyl adjacent to an activating group) is 1. The van der Waals surface area contributed by atoms with Crippen LogP contribution in [0.2, 0.25) is 0 Å². The molecule has 0 unspecified atom stereocenters. The number of rotatable bonds is 5. The quantitative estimate of drug-likeness (QED) is 0.710. The van der Waals surface area contributed by atoms with Gasteiger partial charge in [-0.1, -0.05) is 6.58 Å². The Morgan fingerprint density at radius 2 is 1.78 bits per heavy atom. The van der Waals surface area contributed by atoms with Crippen LogP contribution in [0.4, 0.5) is 10.5 Å². The van der Waals surface area contributed by atoms with Crippen molar-refractivity contribution >= 4 is 23.5 Å². The maximum Gasteiger partial charge on any atom is 0.335 e. The second-order valence-corrected chi connectivity index (χ2v) is 6.53. The summed E-state index contributed by atoms with van der Waals surface area (Å²) >= 11 is 0. The first-order chi connectivity index (χ1) is 12.9. The Kier molecular flexibility index (Phi) is 5.43. The molecule has 0 saturated carbocycles. The number of nitrogens with zero attached hydrogens (tertiary/aromatic N) is 3. The van der Waals surface area contributed by atoms with Crippen molar-refractivity contribution in [1.29, 1.82) is 0 Å². The lowest BCUT2D eigenvalue weighted by molar-refractivity contribution is -0.133. The van der Waals surface area contributed by atoms with Crippen LogP contribution >= 0.6 is 0 Å². The number of barbiturate groups is 1. The average Bonchev–Trinajstić information content (AvgIpc) is 2.64. The van der Waals surface area contributed by atoms with Crippen LogP contribution in [0.5, 0.6) is 5.75 Å². The fourth-order valence-electron chi connectivity index (χ4n) is 3.04. The normalized spacial score (nSPS) is 21.8. The molecule has 1 aromatic carbocycles. The molecule has 1 atom stereocenters. The second kappa shape index (κ2) is 7.77. The van der Waals surface area contributed by atoms with Crippen molar-refractivity contribution < 1.29 is 19.1 Å². The van der Waals surface area contributed by atoms with Crippen LogP contribution in [0.3, 0.4) is 0 Å². The fraction of sp³-hybridized carbons (Fsp3) is 0.389. The number of amides is 4. The zero-order chi connectivity index (χ0) is 19.6. The van der Waals surface area contributed by atoms with Gasteiger partial charge in [0, 0.05) is 31.9 Å². The third-order valence-corrected chi connectivity index (χ3v) is 4.65. The van der Waals surface area contributed by atoms with Crippen LogP contribution in [0.1, 0.15) is 0 Å². The van der Waals surface area contributed by atoms with Gasteiger partial charge in [0.05, 0.1) is 12.8 Å². The first-order valence-electron chi connectivity index (χ1n) is 8.62. The number of carbonyl (C=O) groups is 3. The molecule has 0 bridgehead atoms. The van der Waals surface area contributed by atoms with Gasteiger partial charge in [-0.25, -0.2) is 14.7 Å². The molecule has 2 N–H and O–H groups in total. The lowest BCUT2D eigenvalue weighted by Crippen LogP contribution is -2.61. The molecule has 0 radical (unpaired) electrons. The molecule has 9 nitrogen and oxygen atoms in total. The predicted molar refractivity (Wildman–Crippen MR) is 98.9 cm³/mol. The standard InChI is InChI=1S/C18H23N5O4/c1-12(20-22-10-8-21(2)9-11-22)15-16(24)19-18(26)23(17(15)25)13-4-6-14(27-3)7-5-13/h4-7,15,20H,1,8-11H2,2-3H3,(H,19,24,26)/t15-/m0/s1. The lowest BCUT2D eigenvalue weighted by Gasteiger charge is -2.36. The van der Waals surface area contributed by atoms with E-state index in [1.807, 2.05) is 12.1 Å². The molecule has 2 fully saturated rings. The Labute approximate surface area is 157 Å². The van der Waals surface area contributed by atoms with Crippen LogP contribution in [-0.4, -0.2) is 68.1 Å². The van der Waals surface area contributed by atoms with E-state index in [9.17, 15) is 14.4 Å². The summed E-state index contributed by atoms with van der Waals surface area (Å²) in [6, 6.07) is 5.66. The molecule has 144 valence electrons. The van der Waals surface area contributed by atoms with Gasteiger partial charge in [0.25, 0.3) is 5.91 Å². The molecule has 9 heteroatoms. The average molecular weight is 373 g/mol. The summed E-state index contributed by atoms with van der Waals surface area (Å²) in [7, 11) is 3.55. The highest BCUT2D eigenvalue weighted by molar-refractivity contribution is 6.28. The van der Waals surface area contributed by atoms with E-state index in [-0.39, 0.29) is 5.70 Å². The van der Waals surface area contributed by atoms with E-state index in [0.29, 0.717) is 11.4 Å². The van der Waals surface area contributed by atoms with Crippen molar-refractivity contribution in [2.75, 3.05) is 45.2 Å². The molecule has 27 heavy (non-hydrogen) atoms. The number of nitrogens with one attached hydrogen (secondary N) is 2. The highest BCUT2D eigenvalue weighted by atomic mass is 16.5. The predicted octanol–water partition coefficient (Wildman–Crippen LogP) is 0.160. The third-order valence-electron chi connectivity index (χ3n) is 4.65. The van der Waals surface area contributed by atoms with E-state index in [1.165, 1.54) is 7.11 Å². The molecule has 0 aliphatic carbocycles. The van der Waals surface area contributed by atoms with Gasteiger partial charge in [-0.05, 0) is 31.3 Å². The van der Waals surface area contributed by atoms with Gasteiger partial charge in [0.15, 0.2) is 5.92 Å². The van der Waals surface area contributed by atoms with Crippen molar-refractivity contribution in [3.05, 3.63) is 36.5 Å². The third kappa shape index (κ3) is 3.93. The summed E-state index contributed by atoms with van der Waals surface area (Å²) in [5.74, 6) is -1.91. The largest absolute Gasteiger partial charge is 0.497 e. The van der Waals surface area contributed by atoms with Gasteiger partial charge in [0.1, 0.15) is 5.75 Å². The molecule has 2 aliphatic heterocycles. The number of anilines is 1. The smallest absolute Gasteiger partial charge is 0.335 e. The van der Waals surface area contributed by atoms with Gasteiger partial charge in [-0.2, -0.15) is 0 Å². The van der Waals surface area contributed by atoms with Crippen LogP contribution in [0.15, 0.2) is 36.5 Å². The molecule has 2 heterocycles. The van der Waals surface area contributed by atoms with E-state index in [2.05, 4.69) is 22.2 Å². The van der Waals surface area contributed by atoms with Crippen molar-refractivity contribution in [3.63, 3.8) is 0 Å². The summed E-state index contributed by atoms with van der Waals surface area (Å²) < 4.78 is 5.09. The fourth-order valence-corrected chi connectivity index (χ4v) is 3.04. The maximum absolute atomic E-state index is 12.9. The molecule has 4 amide bonds. The summed E-state index contributed by atoms with van der Waals surface area (Å²) in [6.07, 6.45) is 0. The maximum atomic E-state index is 12.9. The number of methoxy groups -OCH3 is 1. The molecule has 2 aliphatic rings. The minimum atomic E-state index is -1.19. The number of ether oxygens (including phenoxy) is 1. The number of hydrogen-bond donors (Lipinski definition) is 2. The highest BCUT2D eigenvalue weighted by Crippen LogP contribution is 2.25. The number of hydrogen-bond acceptors (Lipinski definition) is 7. The van der Waals surface area contributed by atoms with Gasteiger partial charge in [-0.3, -0.25) is 14.9 Å². The van der Waals surface area contributed by atoms with Crippen molar-refractivity contribution in [2.45, 2.75) is 0 Å². The number of urea groups is 1. The SMILES string of the molecule is C=C(NN1CCN(C)CC1)[C@H]1C(=O)NC(=O)N(c2ccc(OC)cc2)C1=O. The van der Waals surface area contributed by atoms with Gasteiger partial charge < -0.3 is 15.1 Å². The van der Waals surface area contributed by atoms with Crippen molar-refractivity contribution in [1.82, 2.24) is 20.7 Å². The number of benzene rings is 1. The zero-order valence-corrected chi connectivity index (χ0v) is 15.4. The van der Waals surface area contributed by atoms with E-state index >= 15 is 0 Å². The Morgan fingerprint density at radius 1 is 1.15 bits per heavy atom. The van der Waals surface area contributed by atoms with E-state index in [1.54, 1.807) is 24.3 Å². The Morgan fingerprint density at radius 3 is 2.37 bits per heavy atom. The van der Waals surface area contributed by atoms with E-state index < -0.39 is 23.8 Å². The Hall–Kier alpha value is -2.91. The van der Waals surface area contributed by atoms with Crippen LogP contribution in [0, 0.1) is 5.92 Å². The van der Waals surface area contributed by atoms with Gasteiger partial charge >= 0.3 is 6.03 Å². The summed E-state index contributed by atoms with van der Waals surface area (Å²) in [4.78, 5) is 40.6. The first-order valence-corrected chi connectivity index (χ1v) is 8.62. The minimum absolute atomic E-state index is 0.244. The molecule has 1 aromatic rings. The lowest BCUT2D eigenvalue weighted by atomic mass is 10.0. The van der Waals surface area contributed by atoms with E-state index in [0.717, 1.165) is 31.1 Å². The van der Waals surface area contributed by atoms with E-state index in [4.69, 9.17) is 4.74 Å². The summed E-state index contributed by atoms with van der Waals surface area (Å²) in [6.45, 7) is 7.06. The number of hydrazine groups is 1. The zero-order valence-electron chi connectivity index (χ0n) is 15.4. The number of piperazine rings is 1. The molecule has 0 aromatic heterocycles. The van der Waals surface area contributed by atoms with Crippen LogP contribution in [-0.2, 0) is 9.59 Å². The summed E-state index contributed by atoms with van der Waals surface area (Å²) in [5.41, 5.74) is 3.64. The molecular formula is C18H23N5O4. The molecular weight excluding hydrogens is 350 g/mol. The van der Waals surface area contributed by atoms with Crippen molar-refractivity contribution in [2.24, 2.45) is 5.92 Å². The monoisotopic (exact) mass is 373 g/mol. The second-order valence-electron chi connectivity index (χ2n) is 6.53. The molecule has 2 saturated heterocycles. The summed E-state index contributed by atoms with van der Waals surface area (Å²) in [5, 5.41) is 4.14. The van der Waals surface area contributed by atoms with Crippen LogP contribution < -0.4 is 20.4 Å². The van der Waals surface area contributed by atoms with Gasteiger partial charge in [-0.15, -0.1) is 0 Å². The Bertz CT molecular complexity index is 756. The minimum Gasteiger partial charge on any atom is -0.497 e. The molecule has 0 spiro atoms.